The number of benzene rings is 2. The van der Waals surface area contributed by atoms with Crippen LogP contribution in [0.1, 0.15) is 90.0 Å². The molecule has 306 valence electrons. The first-order valence-corrected chi connectivity index (χ1v) is 20.6. The molecule has 4 aliphatic rings. The first kappa shape index (κ1) is 39.2. The minimum Gasteiger partial charge on any atom is -0.453 e. The van der Waals surface area contributed by atoms with Crippen molar-refractivity contribution in [1.29, 1.82) is 0 Å². The van der Waals surface area contributed by atoms with Crippen LogP contribution >= 0.6 is 0 Å². The van der Waals surface area contributed by atoms with Crippen LogP contribution in [-0.2, 0) is 19.1 Å². The number of fused-ring (bicyclic) bond motifs is 4. The average Bonchev–Trinajstić information content (AvgIpc) is 4.10. The van der Waals surface area contributed by atoms with Crippen LogP contribution in [0.4, 0.5) is 9.59 Å². The molecule has 58 heavy (non-hydrogen) atoms. The molecule has 4 amide bonds. The Kier molecular flexibility index (Phi) is 10.8. The summed E-state index contributed by atoms with van der Waals surface area (Å²) in [5, 5.41) is 5.51. The van der Waals surface area contributed by atoms with Gasteiger partial charge in [-0.15, -0.1) is 0 Å². The Balaban J connectivity index is 0.951. The van der Waals surface area contributed by atoms with Crippen molar-refractivity contribution in [3.8, 4) is 33.6 Å². The summed E-state index contributed by atoms with van der Waals surface area (Å²) in [6.45, 7) is 7.71. The van der Waals surface area contributed by atoms with Gasteiger partial charge in [0.1, 0.15) is 23.7 Å². The molecule has 4 bridgehead atoms. The third-order valence-corrected chi connectivity index (χ3v) is 12.9. The second kappa shape index (κ2) is 15.9. The van der Waals surface area contributed by atoms with Crippen LogP contribution in [-0.4, -0.2) is 92.1 Å². The molecule has 4 N–H and O–H groups in total. The summed E-state index contributed by atoms with van der Waals surface area (Å²) in [5.74, 6) is 1.78. The Bertz CT molecular complexity index is 1990. The quantitative estimate of drug-likeness (QED) is 0.126. The smallest absolute Gasteiger partial charge is 0.407 e. The van der Waals surface area contributed by atoms with Gasteiger partial charge >= 0.3 is 12.2 Å². The number of ether oxygens (including phenoxy) is 2. The van der Waals surface area contributed by atoms with Crippen LogP contribution < -0.4 is 10.6 Å². The highest BCUT2D eigenvalue weighted by Gasteiger charge is 2.53. The molecule has 4 heterocycles. The molecule has 2 saturated carbocycles. The van der Waals surface area contributed by atoms with E-state index < -0.39 is 24.3 Å². The van der Waals surface area contributed by atoms with E-state index in [2.05, 4.69) is 69.1 Å². The number of amides is 4. The standard InChI is InChI=1S/C44H54N8O6/c1-23(2)35(49-43(55)57-5)41(53)51-31-17-15-29(19-31)37(51)39-45-21-33(47-39)27-11-7-25(8-12-27)26-9-13-28(14-10-26)34-22-46-40(48-34)38-30-16-18-32(20-30)52(38)42(54)36(24(3)4)50-44(56)58-6/h7-14,21-24,29-32,35-38H,15-20H2,1-6H3,(H,45,47)(H,46,48)(H,49,55)(H,50,56)/t29-,30-,31+,32+,35-,36-,37-,38?/m0/s1. The lowest BCUT2D eigenvalue weighted by molar-refractivity contribution is -0.140. The van der Waals surface area contributed by atoms with E-state index in [1.54, 1.807) is 0 Å². The first-order chi connectivity index (χ1) is 27.9. The second-order valence-electron chi connectivity index (χ2n) is 17.1. The lowest BCUT2D eigenvalue weighted by Crippen LogP contribution is -2.54. The summed E-state index contributed by atoms with van der Waals surface area (Å²) in [5.41, 5.74) is 5.88. The molecule has 2 aliphatic carbocycles. The van der Waals surface area contributed by atoms with Crippen molar-refractivity contribution in [2.24, 2.45) is 23.7 Å². The maximum Gasteiger partial charge on any atom is 0.407 e. The third kappa shape index (κ3) is 7.21. The number of nitrogens with one attached hydrogen (secondary N) is 4. The number of hydrogen-bond donors (Lipinski definition) is 4. The van der Waals surface area contributed by atoms with Crippen molar-refractivity contribution in [2.75, 3.05) is 14.2 Å². The maximum absolute atomic E-state index is 13.9. The van der Waals surface area contributed by atoms with Gasteiger partial charge < -0.3 is 39.9 Å². The lowest BCUT2D eigenvalue weighted by atomic mass is 9.95. The van der Waals surface area contributed by atoms with Gasteiger partial charge in [-0.3, -0.25) is 9.59 Å². The number of aromatic nitrogens is 4. The number of carbonyl (C=O) groups excluding carboxylic acids is 4. The van der Waals surface area contributed by atoms with E-state index >= 15 is 0 Å². The van der Waals surface area contributed by atoms with Crippen LogP contribution in [0, 0.1) is 23.7 Å². The fourth-order valence-electron chi connectivity index (χ4n) is 9.99. The normalized spacial score (nSPS) is 24.3. The maximum atomic E-state index is 13.9. The molecule has 1 unspecified atom stereocenters. The zero-order valence-electron chi connectivity index (χ0n) is 34.0. The number of nitrogens with zero attached hydrogens (tertiary/aromatic N) is 4. The minimum absolute atomic E-state index is 0.0933. The topological polar surface area (TPSA) is 175 Å². The van der Waals surface area contributed by atoms with E-state index in [1.807, 2.05) is 49.9 Å². The van der Waals surface area contributed by atoms with E-state index in [0.29, 0.717) is 11.8 Å². The molecule has 4 aromatic rings. The van der Waals surface area contributed by atoms with Gasteiger partial charge in [0.25, 0.3) is 0 Å². The van der Waals surface area contributed by atoms with Crippen LogP contribution in [0.2, 0.25) is 0 Å². The highest BCUT2D eigenvalue weighted by molar-refractivity contribution is 5.88. The number of piperidine rings is 2. The molecular formula is C44H54N8O6. The first-order valence-electron chi connectivity index (χ1n) is 20.6. The van der Waals surface area contributed by atoms with E-state index in [-0.39, 0.29) is 47.8 Å². The lowest BCUT2D eigenvalue weighted by Gasteiger charge is -2.37. The molecule has 4 fully saturated rings. The van der Waals surface area contributed by atoms with Crippen molar-refractivity contribution in [1.82, 2.24) is 40.4 Å². The third-order valence-electron chi connectivity index (χ3n) is 12.9. The minimum atomic E-state index is -0.681. The summed E-state index contributed by atoms with van der Waals surface area (Å²) in [7, 11) is 2.61. The van der Waals surface area contributed by atoms with Gasteiger partial charge in [0, 0.05) is 12.1 Å². The zero-order chi connectivity index (χ0) is 40.8. The molecule has 14 nitrogen and oxygen atoms in total. The van der Waals surface area contributed by atoms with Gasteiger partial charge in [-0.25, -0.2) is 19.6 Å². The Morgan fingerprint density at radius 1 is 0.603 bits per heavy atom. The van der Waals surface area contributed by atoms with Crippen molar-refractivity contribution >= 4 is 24.0 Å². The number of likely N-dealkylation sites (tertiary alicyclic amines) is 2. The molecule has 8 atom stereocenters. The second-order valence-corrected chi connectivity index (χ2v) is 17.1. The zero-order valence-corrected chi connectivity index (χ0v) is 34.0. The van der Waals surface area contributed by atoms with Crippen LogP contribution in [0.25, 0.3) is 33.6 Å². The van der Waals surface area contributed by atoms with Crippen molar-refractivity contribution < 1.29 is 28.7 Å². The predicted octanol–water partition coefficient (Wildman–Crippen LogP) is 7.00. The fourth-order valence-corrected chi connectivity index (χ4v) is 9.99. The summed E-state index contributed by atoms with van der Waals surface area (Å²) in [6, 6.07) is 15.2. The number of methoxy groups -OCH3 is 2. The summed E-state index contributed by atoms with van der Waals surface area (Å²) < 4.78 is 9.64. The van der Waals surface area contributed by atoms with E-state index in [0.717, 1.165) is 83.8 Å². The van der Waals surface area contributed by atoms with Gasteiger partial charge in [0.15, 0.2) is 0 Å². The molecule has 2 aromatic heterocycles. The molecule has 8 rings (SSSR count). The van der Waals surface area contributed by atoms with E-state index in [9.17, 15) is 19.2 Å². The van der Waals surface area contributed by atoms with Crippen LogP contribution in [0.15, 0.2) is 60.9 Å². The molecular weight excluding hydrogens is 737 g/mol. The fraction of sp³-hybridized carbons (Fsp3) is 0.500. The van der Waals surface area contributed by atoms with Gasteiger partial charge in [-0.1, -0.05) is 76.2 Å². The van der Waals surface area contributed by atoms with Gasteiger partial charge in [0.05, 0.1) is 50.1 Å². The van der Waals surface area contributed by atoms with Crippen molar-refractivity contribution in [3.63, 3.8) is 0 Å². The number of rotatable bonds is 11. The number of alkyl carbamates (subject to hydrolysis) is 2. The Morgan fingerprint density at radius 3 is 1.31 bits per heavy atom. The van der Waals surface area contributed by atoms with Gasteiger partial charge in [-0.2, -0.15) is 0 Å². The van der Waals surface area contributed by atoms with E-state index in [4.69, 9.17) is 19.4 Å². The summed E-state index contributed by atoms with van der Waals surface area (Å²) >= 11 is 0. The summed E-state index contributed by atoms with van der Waals surface area (Å²) in [6.07, 6.45) is 8.31. The van der Waals surface area contributed by atoms with Crippen LogP contribution in [0.5, 0.6) is 0 Å². The molecule has 0 radical (unpaired) electrons. The van der Waals surface area contributed by atoms with E-state index in [1.165, 1.54) is 14.2 Å². The Labute approximate surface area is 338 Å². The molecule has 2 saturated heterocycles. The number of aromatic amines is 2. The number of H-pyrrole nitrogens is 2. The largest absolute Gasteiger partial charge is 0.453 e. The summed E-state index contributed by atoms with van der Waals surface area (Å²) in [4.78, 5) is 72.7. The molecule has 0 spiro atoms. The van der Waals surface area contributed by atoms with Gasteiger partial charge in [0.2, 0.25) is 11.8 Å². The number of carbonyl (C=O) groups is 4. The Hall–Kier alpha value is -5.66. The van der Waals surface area contributed by atoms with Gasteiger partial charge in [-0.05, 0) is 84.5 Å². The monoisotopic (exact) mass is 790 g/mol. The van der Waals surface area contributed by atoms with Crippen molar-refractivity contribution in [3.05, 3.63) is 72.6 Å². The van der Waals surface area contributed by atoms with Crippen molar-refractivity contribution in [2.45, 2.75) is 102 Å². The molecule has 2 aromatic carbocycles. The molecule has 2 aliphatic heterocycles. The highest BCUT2D eigenvalue weighted by Crippen LogP contribution is 2.51. The van der Waals surface area contributed by atoms with Crippen LogP contribution in [0.3, 0.4) is 0 Å². The highest BCUT2D eigenvalue weighted by atomic mass is 16.5. The average molecular weight is 791 g/mol. The number of hydrogen-bond acceptors (Lipinski definition) is 8. The SMILES string of the molecule is COC(=O)N[C@H](C(=O)N1C(c2ncc(-c3ccc(-c4ccc(-c5cnc([C@@H]6[C@H]7CC[C@H](C7)N6C(=O)[C@@H](NC(=O)OC)C(C)C)[nH]5)cc4)cc3)[nH]2)[C@H]2CC[C@@H]1C2)C(C)C. The molecule has 14 heteroatoms. The predicted molar refractivity (Wildman–Crippen MR) is 217 cm³/mol. The Morgan fingerprint density at radius 2 is 0.966 bits per heavy atom. The number of imidazole rings is 2.